The van der Waals surface area contributed by atoms with E-state index in [1.54, 1.807) is 10.9 Å². The zero-order valence-electron chi connectivity index (χ0n) is 10.6. The van der Waals surface area contributed by atoms with Gasteiger partial charge in [-0.05, 0) is 12.8 Å². The van der Waals surface area contributed by atoms with E-state index in [1.165, 1.54) is 0 Å². The van der Waals surface area contributed by atoms with Gasteiger partial charge in [0.15, 0.2) is 0 Å². The fourth-order valence-electron chi connectivity index (χ4n) is 1.65. The van der Waals surface area contributed by atoms with Crippen LogP contribution in [0, 0.1) is 0 Å². The van der Waals surface area contributed by atoms with Crippen molar-refractivity contribution in [3.8, 4) is 0 Å². The van der Waals surface area contributed by atoms with Gasteiger partial charge in [-0.2, -0.15) is 0 Å². The van der Waals surface area contributed by atoms with Gasteiger partial charge in [-0.15, -0.1) is 5.10 Å². The quantitative estimate of drug-likeness (QED) is 0.746. The van der Waals surface area contributed by atoms with Gasteiger partial charge in [0.1, 0.15) is 6.54 Å². The Hall–Kier alpha value is -1.43. The van der Waals surface area contributed by atoms with Crippen molar-refractivity contribution >= 4 is 5.91 Å². The summed E-state index contributed by atoms with van der Waals surface area (Å²) in [5.74, 6) is 0.0853. The van der Waals surface area contributed by atoms with Crippen LogP contribution in [0.15, 0.2) is 6.20 Å². The number of aromatic nitrogens is 3. The van der Waals surface area contributed by atoms with Gasteiger partial charge in [0.25, 0.3) is 0 Å². The van der Waals surface area contributed by atoms with E-state index in [9.17, 15) is 4.79 Å². The second-order valence-electron chi connectivity index (χ2n) is 3.99. The molecule has 1 amide bonds. The Morgan fingerprint density at radius 3 is 2.53 bits per heavy atom. The average molecular weight is 239 g/mol. The lowest BCUT2D eigenvalue weighted by Gasteiger charge is -2.21. The van der Waals surface area contributed by atoms with Gasteiger partial charge < -0.3 is 10.6 Å². The van der Waals surface area contributed by atoms with Crippen molar-refractivity contribution in [2.45, 2.75) is 39.8 Å². The van der Waals surface area contributed by atoms with Gasteiger partial charge in [-0.1, -0.05) is 19.1 Å². The summed E-state index contributed by atoms with van der Waals surface area (Å²) in [7, 11) is 0. The summed E-state index contributed by atoms with van der Waals surface area (Å²) in [5.41, 5.74) is 6.14. The number of carbonyl (C=O) groups excluding carboxylic acids is 1. The lowest BCUT2D eigenvalue weighted by Crippen LogP contribution is -2.35. The molecule has 0 saturated carbocycles. The molecule has 0 bridgehead atoms. The maximum atomic E-state index is 12.0. The highest BCUT2D eigenvalue weighted by molar-refractivity contribution is 5.75. The molecule has 2 N–H and O–H groups in total. The van der Waals surface area contributed by atoms with Crippen molar-refractivity contribution in [2.75, 3.05) is 13.1 Å². The van der Waals surface area contributed by atoms with Crippen LogP contribution < -0.4 is 5.73 Å². The lowest BCUT2D eigenvalue weighted by atomic mass is 10.3. The minimum absolute atomic E-state index is 0.0853. The molecule has 0 aliphatic carbocycles. The first kappa shape index (κ1) is 13.6. The molecule has 17 heavy (non-hydrogen) atoms. The first-order valence-electron chi connectivity index (χ1n) is 6.08. The second-order valence-corrected chi connectivity index (χ2v) is 3.99. The number of carbonyl (C=O) groups is 1. The first-order valence-corrected chi connectivity index (χ1v) is 6.08. The van der Waals surface area contributed by atoms with Gasteiger partial charge in [-0.3, -0.25) is 4.79 Å². The normalized spacial score (nSPS) is 10.5. The van der Waals surface area contributed by atoms with Crippen molar-refractivity contribution in [3.63, 3.8) is 0 Å². The average Bonchev–Trinajstić information content (AvgIpc) is 2.76. The van der Waals surface area contributed by atoms with Crippen molar-refractivity contribution < 1.29 is 4.79 Å². The standard InChI is InChI=1S/C11H21N5O/c1-3-5-15(6-4-2)11(17)9-16-8-10(7-12)13-14-16/h8H,3-7,9,12H2,1-2H3. The van der Waals surface area contributed by atoms with Gasteiger partial charge in [-0.25, -0.2) is 4.68 Å². The summed E-state index contributed by atoms with van der Waals surface area (Å²) in [4.78, 5) is 13.9. The van der Waals surface area contributed by atoms with Crippen LogP contribution in [0.3, 0.4) is 0 Å². The largest absolute Gasteiger partial charge is 0.341 e. The van der Waals surface area contributed by atoms with Crippen molar-refractivity contribution in [3.05, 3.63) is 11.9 Å². The Labute approximate surface area is 102 Å². The molecule has 0 spiro atoms. The van der Waals surface area contributed by atoms with E-state index >= 15 is 0 Å². The van der Waals surface area contributed by atoms with Crippen LogP contribution in [0.4, 0.5) is 0 Å². The summed E-state index contributed by atoms with van der Waals surface area (Å²) in [5, 5.41) is 7.73. The molecule has 0 aromatic carbocycles. The zero-order chi connectivity index (χ0) is 12.7. The summed E-state index contributed by atoms with van der Waals surface area (Å²) >= 11 is 0. The van der Waals surface area contributed by atoms with Crippen molar-refractivity contribution in [2.24, 2.45) is 5.73 Å². The topological polar surface area (TPSA) is 77.0 Å². The van der Waals surface area contributed by atoms with Crippen LogP contribution >= 0.6 is 0 Å². The number of rotatable bonds is 7. The van der Waals surface area contributed by atoms with Crippen LogP contribution in [-0.4, -0.2) is 38.9 Å². The van der Waals surface area contributed by atoms with E-state index in [4.69, 9.17) is 5.73 Å². The summed E-state index contributed by atoms with van der Waals surface area (Å²) in [6, 6.07) is 0. The number of hydrogen-bond acceptors (Lipinski definition) is 4. The highest BCUT2D eigenvalue weighted by Crippen LogP contribution is 1.98. The summed E-state index contributed by atoms with van der Waals surface area (Å²) in [6.07, 6.45) is 3.66. The Balaban J connectivity index is 2.56. The number of amides is 1. The minimum atomic E-state index is 0.0853. The van der Waals surface area contributed by atoms with E-state index in [2.05, 4.69) is 24.2 Å². The molecule has 0 fully saturated rings. The molecule has 0 aliphatic heterocycles. The predicted molar refractivity (Wildman–Crippen MR) is 65.1 cm³/mol. The highest BCUT2D eigenvalue weighted by atomic mass is 16.2. The fourth-order valence-corrected chi connectivity index (χ4v) is 1.65. The number of hydrogen-bond donors (Lipinski definition) is 1. The predicted octanol–water partition coefficient (Wildman–Crippen LogP) is 0.385. The number of nitrogens with zero attached hydrogens (tertiary/aromatic N) is 4. The lowest BCUT2D eigenvalue weighted by molar-refractivity contribution is -0.132. The molecular weight excluding hydrogens is 218 g/mol. The molecule has 96 valence electrons. The van der Waals surface area contributed by atoms with E-state index in [0.29, 0.717) is 12.2 Å². The fraction of sp³-hybridized carbons (Fsp3) is 0.727. The Bertz CT molecular complexity index is 343. The molecule has 1 rings (SSSR count). The SMILES string of the molecule is CCCN(CCC)C(=O)Cn1cc(CN)nn1. The van der Waals surface area contributed by atoms with Gasteiger partial charge >= 0.3 is 0 Å². The maximum absolute atomic E-state index is 12.0. The third kappa shape index (κ3) is 4.14. The molecule has 0 unspecified atom stereocenters. The van der Waals surface area contributed by atoms with Gasteiger partial charge in [0.2, 0.25) is 5.91 Å². The molecule has 0 saturated heterocycles. The van der Waals surface area contributed by atoms with Crippen LogP contribution in [0.5, 0.6) is 0 Å². The monoisotopic (exact) mass is 239 g/mol. The Morgan fingerprint density at radius 2 is 2.06 bits per heavy atom. The summed E-state index contributed by atoms with van der Waals surface area (Å²) in [6.45, 7) is 6.32. The van der Waals surface area contributed by atoms with Crippen LogP contribution in [0.1, 0.15) is 32.4 Å². The zero-order valence-corrected chi connectivity index (χ0v) is 10.6. The minimum Gasteiger partial charge on any atom is -0.341 e. The Kier molecular flexibility index (Phi) is 5.62. The molecule has 6 nitrogen and oxygen atoms in total. The number of nitrogens with two attached hydrogens (primary N) is 1. The Morgan fingerprint density at radius 1 is 1.41 bits per heavy atom. The van der Waals surface area contributed by atoms with Gasteiger partial charge in [0, 0.05) is 19.6 Å². The molecule has 0 atom stereocenters. The maximum Gasteiger partial charge on any atom is 0.244 e. The van der Waals surface area contributed by atoms with Crippen molar-refractivity contribution in [1.82, 2.24) is 19.9 Å². The molecule has 0 radical (unpaired) electrons. The van der Waals surface area contributed by atoms with E-state index in [1.807, 2.05) is 4.90 Å². The van der Waals surface area contributed by atoms with Crippen LogP contribution in [0.2, 0.25) is 0 Å². The van der Waals surface area contributed by atoms with Crippen LogP contribution in [-0.2, 0) is 17.9 Å². The molecule has 0 aliphatic rings. The molecule has 6 heteroatoms. The first-order chi connectivity index (χ1) is 8.21. The van der Waals surface area contributed by atoms with Crippen LogP contribution in [0.25, 0.3) is 0 Å². The van der Waals surface area contributed by atoms with E-state index in [0.717, 1.165) is 25.9 Å². The van der Waals surface area contributed by atoms with Crippen molar-refractivity contribution in [1.29, 1.82) is 0 Å². The third-order valence-corrected chi connectivity index (χ3v) is 2.43. The smallest absolute Gasteiger partial charge is 0.244 e. The molecule has 1 aromatic rings. The molecular formula is C11H21N5O. The van der Waals surface area contributed by atoms with E-state index < -0.39 is 0 Å². The third-order valence-electron chi connectivity index (χ3n) is 2.43. The highest BCUT2D eigenvalue weighted by Gasteiger charge is 2.13. The van der Waals surface area contributed by atoms with E-state index in [-0.39, 0.29) is 12.5 Å². The molecule has 1 heterocycles. The molecule has 1 aromatic heterocycles. The second kappa shape index (κ2) is 7.01. The van der Waals surface area contributed by atoms with Gasteiger partial charge in [0.05, 0.1) is 11.9 Å². The summed E-state index contributed by atoms with van der Waals surface area (Å²) < 4.78 is 1.54.